The van der Waals surface area contributed by atoms with Crippen molar-refractivity contribution in [2.45, 2.75) is 6.42 Å². The Bertz CT molecular complexity index is 543. The minimum absolute atomic E-state index is 0.266. The highest BCUT2D eigenvalue weighted by molar-refractivity contribution is 9.10. The van der Waals surface area contributed by atoms with E-state index in [0.717, 1.165) is 16.6 Å². The van der Waals surface area contributed by atoms with Crippen molar-refractivity contribution >= 4 is 38.9 Å². The number of aromatic carboxylic acids is 1. The summed E-state index contributed by atoms with van der Waals surface area (Å²) in [6, 6.07) is 5.17. The summed E-state index contributed by atoms with van der Waals surface area (Å²) in [5.74, 6) is -0.938. The highest BCUT2D eigenvalue weighted by atomic mass is 79.9. The van der Waals surface area contributed by atoms with E-state index in [1.807, 2.05) is 11.4 Å². The number of benzene rings is 1. The van der Waals surface area contributed by atoms with Gasteiger partial charge in [-0.3, -0.25) is 0 Å². The van der Waals surface area contributed by atoms with Gasteiger partial charge in [-0.1, -0.05) is 15.9 Å². The highest BCUT2D eigenvalue weighted by Crippen LogP contribution is 2.21. The van der Waals surface area contributed by atoms with Crippen molar-refractivity contribution in [2.75, 3.05) is 11.9 Å². The van der Waals surface area contributed by atoms with Gasteiger partial charge in [0.05, 0.1) is 16.8 Å². The fourth-order valence-electron chi connectivity index (χ4n) is 1.53. The molecule has 4 nitrogen and oxygen atoms in total. The fraction of sp³-hybridized carbons (Fsp3) is 0.167. The van der Waals surface area contributed by atoms with Crippen LogP contribution in [0.25, 0.3) is 0 Å². The first kappa shape index (κ1) is 13.0. The van der Waals surface area contributed by atoms with Gasteiger partial charge in [0.25, 0.3) is 0 Å². The van der Waals surface area contributed by atoms with Crippen molar-refractivity contribution in [3.8, 4) is 0 Å². The predicted octanol–water partition coefficient (Wildman–Crippen LogP) is 3.26. The van der Waals surface area contributed by atoms with Crippen LogP contribution in [-0.4, -0.2) is 22.6 Å². The molecule has 1 aromatic carbocycles. The summed E-state index contributed by atoms with van der Waals surface area (Å²) < 4.78 is 0.755. The Labute approximate surface area is 117 Å². The van der Waals surface area contributed by atoms with E-state index in [9.17, 15) is 4.79 Å². The summed E-state index contributed by atoms with van der Waals surface area (Å²) in [7, 11) is 0. The molecule has 0 amide bonds. The maximum atomic E-state index is 11.1. The third-order valence-corrected chi connectivity index (χ3v) is 3.52. The molecule has 0 bridgehead atoms. The molecule has 2 N–H and O–H groups in total. The van der Waals surface area contributed by atoms with Gasteiger partial charge in [0.15, 0.2) is 0 Å². The number of hydrogen-bond donors (Lipinski definition) is 2. The molecule has 0 saturated heterocycles. The number of halogens is 1. The van der Waals surface area contributed by atoms with Crippen molar-refractivity contribution in [1.29, 1.82) is 0 Å². The normalized spacial score (nSPS) is 10.3. The standard InChI is InChI=1S/C12H11BrN2O2S/c13-8-1-2-11(10(5-8)12(16)17)14-4-3-9-6-18-7-15-9/h1-2,5-7,14H,3-4H2,(H,16,17). The lowest BCUT2D eigenvalue weighted by Gasteiger charge is -2.09. The molecule has 2 rings (SSSR count). The Morgan fingerprint density at radius 1 is 1.50 bits per heavy atom. The van der Waals surface area contributed by atoms with E-state index in [0.29, 0.717) is 12.2 Å². The number of anilines is 1. The summed E-state index contributed by atoms with van der Waals surface area (Å²) in [5.41, 5.74) is 3.70. The third kappa shape index (κ3) is 3.30. The zero-order valence-corrected chi connectivity index (χ0v) is 11.8. The number of carboxylic acids is 1. The Balaban J connectivity index is 2.02. The zero-order valence-electron chi connectivity index (χ0n) is 9.39. The van der Waals surface area contributed by atoms with Gasteiger partial charge in [-0.25, -0.2) is 9.78 Å². The number of carboxylic acid groups (broad SMARTS) is 1. The SMILES string of the molecule is O=C(O)c1cc(Br)ccc1NCCc1cscn1. The lowest BCUT2D eigenvalue weighted by Crippen LogP contribution is -2.09. The third-order valence-electron chi connectivity index (χ3n) is 2.39. The average molecular weight is 327 g/mol. The molecule has 0 fully saturated rings. The summed E-state index contributed by atoms with van der Waals surface area (Å²) in [4.78, 5) is 15.3. The first-order valence-corrected chi connectivity index (χ1v) is 7.04. The average Bonchev–Trinajstić information content (AvgIpc) is 2.84. The van der Waals surface area contributed by atoms with Gasteiger partial charge in [0.2, 0.25) is 0 Å². The summed E-state index contributed by atoms with van der Waals surface area (Å²) in [5, 5.41) is 14.2. The van der Waals surface area contributed by atoms with E-state index >= 15 is 0 Å². The van der Waals surface area contributed by atoms with E-state index in [-0.39, 0.29) is 5.56 Å². The van der Waals surface area contributed by atoms with Crippen LogP contribution in [0.5, 0.6) is 0 Å². The molecule has 0 spiro atoms. The Morgan fingerprint density at radius 3 is 3.00 bits per heavy atom. The lowest BCUT2D eigenvalue weighted by atomic mass is 10.1. The monoisotopic (exact) mass is 326 g/mol. The van der Waals surface area contributed by atoms with Crippen LogP contribution in [0.3, 0.4) is 0 Å². The van der Waals surface area contributed by atoms with Gasteiger partial charge < -0.3 is 10.4 Å². The van der Waals surface area contributed by atoms with Crippen molar-refractivity contribution in [1.82, 2.24) is 4.98 Å². The predicted molar refractivity (Wildman–Crippen MR) is 75.4 cm³/mol. The zero-order chi connectivity index (χ0) is 13.0. The molecule has 0 unspecified atom stereocenters. The van der Waals surface area contributed by atoms with Crippen LogP contribution in [0.15, 0.2) is 33.6 Å². The number of aromatic nitrogens is 1. The number of rotatable bonds is 5. The molecule has 1 heterocycles. The van der Waals surface area contributed by atoms with Gasteiger partial charge in [-0.15, -0.1) is 11.3 Å². The highest BCUT2D eigenvalue weighted by Gasteiger charge is 2.10. The van der Waals surface area contributed by atoms with Gasteiger partial charge in [-0.2, -0.15) is 0 Å². The second-order valence-electron chi connectivity index (χ2n) is 3.65. The first-order chi connectivity index (χ1) is 8.66. The molecule has 0 radical (unpaired) electrons. The Morgan fingerprint density at radius 2 is 2.33 bits per heavy atom. The van der Waals surface area contributed by atoms with E-state index < -0.39 is 5.97 Å². The van der Waals surface area contributed by atoms with Crippen molar-refractivity contribution in [3.05, 3.63) is 44.8 Å². The molecule has 0 aliphatic heterocycles. The molecule has 0 aliphatic rings. The number of hydrogen-bond acceptors (Lipinski definition) is 4. The number of thiazole rings is 1. The molecule has 0 saturated carbocycles. The smallest absolute Gasteiger partial charge is 0.337 e. The van der Waals surface area contributed by atoms with Crippen LogP contribution >= 0.6 is 27.3 Å². The molecule has 2 aromatic rings. The van der Waals surface area contributed by atoms with E-state index in [2.05, 4.69) is 26.2 Å². The summed E-state index contributed by atoms with van der Waals surface area (Å²) in [6.07, 6.45) is 0.776. The molecule has 0 aliphatic carbocycles. The van der Waals surface area contributed by atoms with Crippen LogP contribution in [0.2, 0.25) is 0 Å². The molecule has 0 atom stereocenters. The second-order valence-corrected chi connectivity index (χ2v) is 5.29. The minimum atomic E-state index is -0.938. The summed E-state index contributed by atoms with van der Waals surface area (Å²) >= 11 is 4.82. The van der Waals surface area contributed by atoms with Gasteiger partial charge >= 0.3 is 5.97 Å². The van der Waals surface area contributed by atoms with Crippen LogP contribution < -0.4 is 5.32 Å². The van der Waals surface area contributed by atoms with Crippen LogP contribution in [0, 0.1) is 0 Å². The van der Waals surface area contributed by atoms with Crippen LogP contribution in [0.4, 0.5) is 5.69 Å². The minimum Gasteiger partial charge on any atom is -0.478 e. The number of nitrogens with zero attached hydrogens (tertiary/aromatic N) is 1. The van der Waals surface area contributed by atoms with Crippen LogP contribution in [-0.2, 0) is 6.42 Å². The quantitative estimate of drug-likeness (QED) is 0.885. The molecular formula is C12H11BrN2O2S. The van der Waals surface area contributed by atoms with Crippen molar-refractivity contribution in [3.63, 3.8) is 0 Å². The Kier molecular flexibility index (Phi) is 4.33. The fourth-order valence-corrected chi connectivity index (χ4v) is 2.49. The topological polar surface area (TPSA) is 62.2 Å². The molecule has 18 heavy (non-hydrogen) atoms. The largest absolute Gasteiger partial charge is 0.478 e. The van der Waals surface area contributed by atoms with Crippen molar-refractivity contribution in [2.24, 2.45) is 0 Å². The molecule has 94 valence electrons. The van der Waals surface area contributed by atoms with Gasteiger partial charge in [0, 0.05) is 28.5 Å². The maximum absolute atomic E-state index is 11.1. The number of nitrogens with one attached hydrogen (secondary N) is 1. The van der Waals surface area contributed by atoms with Crippen molar-refractivity contribution < 1.29 is 9.90 Å². The lowest BCUT2D eigenvalue weighted by molar-refractivity contribution is 0.0698. The van der Waals surface area contributed by atoms with E-state index in [1.54, 1.807) is 29.0 Å². The first-order valence-electron chi connectivity index (χ1n) is 5.30. The maximum Gasteiger partial charge on any atom is 0.337 e. The van der Waals surface area contributed by atoms with Gasteiger partial charge in [0.1, 0.15) is 0 Å². The van der Waals surface area contributed by atoms with E-state index in [4.69, 9.17) is 5.11 Å². The molecule has 1 aromatic heterocycles. The van der Waals surface area contributed by atoms with E-state index in [1.165, 1.54) is 0 Å². The van der Waals surface area contributed by atoms with Crippen LogP contribution in [0.1, 0.15) is 16.1 Å². The molecule has 6 heteroatoms. The van der Waals surface area contributed by atoms with Gasteiger partial charge in [-0.05, 0) is 18.2 Å². The Hall–Kier alpha value is -1.40. The molecular weight excluding hydrogens is 316 g/mol. The second kappa shape index (κ2) is 5.97. The summed E-state index contributed by atoms with van der Waals surface area (Å²) in [6.45, 7) is 0.658. The number of carbonyl (C=O) groups is 1.